The smallest absolute Gasteiger partial charge is 0.0575 e. The van der Waals surface area contributed by atoms with Crippen LogP contribution in [0.4, 0.5) is 0 Å². The number of halogens is 2. The summed E-state index contributed by atoms with van der Waals surface area (Å²) in [6.07, 6.45) is 3.97. The quantitative estimate of drug-likeness (QED) is 0.622. The summed E-state index contributed by atoms with van der Waals surface area (Å²) in [6.45, 7) is 2.24. The summed E-state index contributed by atoms with van der Waals surface area (Å²) in [5, 5.41) is 2.02. The second kappa shape index (κ2) is 7.61. The molecule has 0 N–H and O–H groups in total. The first-order valence-electron chi connectivity index (χ1n) is 3.22. The van der Waals surface area contributed by atoms with Gasteiger partial charge in [0.1, 0.15) is 0 Å². The van der Waals surface area contributed by atoms with Crippen molar-refractivity contribution in [3.63, 3.8) is 0 Å². The lowest BCUT2D eigenvalue weighted by Crippen LogP contribution is -2.28. The van der Waals surface area contributed by atoms with Crippen LogP contribution in [0.15, 0.2) is 0 Å². The summed E-state index contributed by atoms with van der Waals surface area (Å²) in [5.41, 5.74) is 0. The fraction of sp³-hybridized carbons (Fsp3) is 1.00. The fourth-order valence-electron chi connectivity index (χ4n) is 1.05. The lowest BCUT2D eigenvalue weighted by atomic mass is 10.2. The van der Waals surface area contributed by atoms with Crippen LogP contribution in [-0.4, -0.2) is 25.3 Å². The summed E-state index contributed by atoms with van der Waals surface area (Å²) < 4.78 is 0. The average molecular weight is 188 g/mol. The van der Waals surface area contributed by atoms with E-state index in [2.05, 4.69) is 0 Å². The Morgan fingerprint density at radius 3 is 1.80 bits per heavy atom. The van der Waals surface area contributed by atoms with E-state index in [1.165, 1.54) is 19.3 Å². The molecule has 1 aliphatic rings. The van der Waals surface area contributed by atoms with Crippen LogP contribution in [0.3, 0.4) is 0 Å². The van der Waals surface area contributed by atoms with Crippen LogP contribution in [0.25, 0.3) is 0 Å². The standard InChI is InChI=1S/C6H13NO.2ClH/c1-8-7-5-3-2-4-6-7;;/h2-6H2,1H3;2*1H. The van der Waals surface area contributed by atoms with Gasteiger partial charge in [-0.2, -0.15) is 5.06 Å². The molecule has 0 aromatic heterocycles. The van der Waals surface area contributed by atoms with Crippen molar-refractivity contribution in [2.45, 2.75) is 19.3 Å². The minimum atomic E-state index is 0. The van der Waals surface area contributed by atoms with Crippen molar-refractivity contribution in [2.24, 2.45) is 0 Å². The molecule has 0 aliphatic carbocycles. The Kier molecular flexibility index (Phi) is 9.97. The summed E-state index contributed by atoms with van der Waals surface area (Å²) in [6, 6.07) is 0. The van der Waals surface area contributed by atoms with Crippen molar-refractivity contribution in [1.82, 2.24) is 5.06 Å². The minimum Gasteiger partial charge on any atom is -0.302 e. The zero-order chi connectivity index (χ0) is 5.82. The van der Waals surface area contributed by atoms with Crippen LogP contribution in [0.1, 0.15) is 19.3 Å². The molecule has 0 bridgehead atoms. The molecule has 1 heterocycles. The van der Waals surface area contributed by atoms with Gasteiger partial charge in [0.25, 0.3) is 0 Å². The number of hydroxylamine groups is 2. The van der Waals surface area contributed by atoms with Crippen LogP contribution >= 0.6 is 24.8 Å². The normalized spacial score (nSPS) is 18.9. The molecular formula is C6H15Cl2NO. The second-order valence-electron chi connectivity index (χ2n) is 2.17. The molecular weight excluding hydrogens is 173 g/mol. The largest absolute Gasteiger partial charge is 0.302 e. The lowest BCUT2D eigenvalue weighted by molar-refractivity contribution is -0.141. The van der Waals surface area contributed by atoms with E-state index in [0.717, 1.165) is 13.1 Å². The van der Waals surface area contributed by atoms with E-state index in [4.69, 9.17) is 4.84 Å². The van der Waals surface area contributed by atoms with Crippen LogP contribution < -0.4 is 0 Å². The highest BCUT2D eigenvalue weighted by Gasteiger charge is 2.06. The van der Waals surface area contributed by atoms with Crippen LogP contribution in [0.5, 0.6) is 0 Å². The van der Waals surface area contributed by atoms with Crippen molar-refractivity contribution < 1.29 is 4.84 Å². The first-order valence-corrected chi connectivity index (χ1v) is 3.22. The molecule has 1 saturated heterocycles. The van der Waals surface area contributed by atoms with Gasteiger partial charge in [0.15, 0.2) is 0 Å². The van der Waals surface area contributed by atoms with Crippen LogP contribution in [0.2, 0.25) is 0 Å². The SMILES string of the molecule is CON1CCCCC1.Cl.Cl. The van der Waals surface area contributed by atoms with Crippen molar-refractivity contribution in [3.05, 3.63) is 0 Å². The van der Waals surface area contributed by atoms with Gasteiger partial charge in [-0.05, 0) is 12.8 Å². The Balaban J connectivity index is 0. The molecule has 0 amide bonds. The third-order valence-corrected chi connectivity index (χ3v) is 1.57. The molecule has 0 spiro atoms. The zero-order valence-corrected chi connectivity index (χ0v) is 7.84. The molecule has 0 atom stereocenters. The van der Waals surface area contributed by atoms with Gasteiger partial charge in [-0.3, -0.25) is 0 Å². The van der Waals surface area contributed by atoms with E-state index >= 15 is 0 Å². The average Bonchev–Trinajstić information content (AvgIpc) is 1.90. The summed E-state index contributed by atoms with van der Waals surface area (Å²) >= 11 is 0. The Morgan fingerprint density at radius 2 is 1.50 bits per heavy atom. The van der Waals surface area contributed by atoms with E-state index < -0.39 is 0 Å². The number of hydrogen-bond acceptors (Lipinski definition) is 2. The first-order chi connectivity index (χ1) is 3.93. The summed E-state index contributed by atoms with van der Waals surface area (Å²) in [4.78, 5) is 5.02. The predicted octanol–water partition coefficient (Wildman–Crippen LogP) is 1.88. The fourth-order valence-corrected chi connectivity index (χ4v) is 1.05. The van der Waals surface area contributed by atoms with Crippen molar-refractivity contribution >= 4 is 24.8 Å². The Bertz CT molecular complexity index is 66.8. The van der Waals surface area contributed by atoms with Crippen molar-refractivity contribution in [1.29, 1.82) is 0 Å². The molecule has 0 radical (unpaired) electrons. The van der Waals surface area contributed by atoms with Crippen molar-refractivity contribution in [3.8, 4) is 0 Å². The third kappa shape index (κ3) is 4.34. The van der Waals surface area contributed by atoms with Gasteiger partial charge in [0.05, 0.1) is 7.11 Å². The van der Waals surface area contributed by atoms with E-state index in [0.29, 0.717) is 0 Å². The molecule has 64 valence electrons. The maximum Gasteiger partial charge on any atom is 0.0575 e. The van der Waals surface area contributed by atoms with Gasteiger partial charge in [-0.1, -0.05) is 6.42 Å². The molecule has 2 nitrogen and oxygen atoms in total. The molecule has 1 rings (SSSR count). The number of hydrogen-bond donors (Lipinski definition) is 0. The van der Waals surface area contributed by atoms with E-state index in [1.54, 1.807) is 7.11 Å². The maximum atomic E-state index is 5.02. The molecule has 0 aromatic carbocycles. The number of rotatable bonds is 1. The highest BCUT2D eigenvalue weighted by molar-refractivity contribution is 5.85. The van der Waals surface area contributed by atoms with E-state index in [1.807, 2.05) is 5.06 Å². The van der Waals surface area contributed by atoms with E-state index in [9.17, 15) is 0 Å². The highest BCUT2D eigenvalue weighted by atomic mass is 35.5. The van der Waals surface area contributed by atoms with Gasteiger partial charge < -0.3 is 4.84 Å². The molecule has 0 aromatic rings. The molecule has 10 heavy (non-hydrogen) atoms. The Morgan fingerprint density at radius 1 is 1.00 bits per heavy atom. The van der Waals surface area contributed by atoms with Crippen LogP contribution in [-0.2, 0) is 4.84 Å². The Hall–Kier alpha value is 0.500. The zero-order valence-electron chi connectivity index (χ0n) is 6.21. The van der Waals surface area contributed by atoms with Gasteiger partial charge in [0.2, 0.25) is 0 Å². The molecule has 1 aliphatic heterocycles. The van der Waals surface area contributed by atoms with Gasteiger partial charge in [-0.15, -0.1) is 24.8 Å². The molecule has 1 fully saturated rings. The number of piperidine rings is 1. The number of nitrogens with zero attached hydrogens (tertiary/aromatic N) is 1. The molecule has 0 saturated carbocycles. The second-order valence-corrected chi connectivity index (χ2v) is 2.17. The molecule has 0 unspecified atom stereocenters. The maximum absolute atomic E-state index is 5.02. The molecule has 4 heteroatoms. The van der Waals surface area contributed by atoms with Crippen LogP contribution in [0, 0.1) is 0 Å². The highest BCUT2D eigenvalue weighted by Crippen LogP contribution is 2.07. The van der Waals surface area contributed by atoms with Gasteiger partial charge >= 0.3 is 0 Å². The Labute approximate surface area is 74.7 Å². The van der Waals surface area contributed by atoms with Gasteiger partial charge in [0, 0.05) is 13.1 Å². The minimum absolute atomic E-state index is 0. The topological polar surface area (TPSA) is 12.5 Å². The van der Waals surface area contributed by atoms with Crippen molar-refractivity contribution in [2.75, 3.05) is 20.2 Å². The third-order valence-electron chi connectivity index (χ3n) is 1.57. The summed E-state index contributed by atoms with van der Waals surface area (Å²) in [5.74, 6) is 0. The lowest BCUT2D eigenvalue weighted by Gasteiger charge is -2.23. The predicted molar refractivity (Wildman–Crippen MR) is 46.9 cm³/mol. The summed E-state index contributed by atoms with van der Waals surface area (Å²) in [7, 11) is 1.74. The monoisotopic (exact) mass is 187 g/mol. The van der Waals surface area contributed by atoms with E-state index in [-0.39, 0.29) is 24.8 Å². The van der Waals surface area contributed by atoms with Gasteiger partial charge in [-0.25, -0.2) is 0 Å². The first kappa shape index (κ1) is 13.1.